The number of halogens is 1. The highest BCUT2D eigenvalue weighted by atomic mass is 79.9. The van der Waals surface area contributed by atoms with Gasteiger partial charge in [0.05, 0.1) is 30.0 Å². The number of benzene rings is 1. The fraction of sp³-hybridized carbons (Fsp3) is 0.263. The Bertz CT molecular complexity index is 919. The number of nitrogens with zero attached hydrogens (tertiary/aromatic N) is 2. The first kappa shape index (κ1) is 19.0. The molecule has 2 aromatic heterocycles. The molecule has 142 valence electrons. The van der Waals surface area contributed by atoms with Crippen LogP contribution >= 0.6 is 15.9 Å². The van der Waals surface area contributed by atoms with Crippen molar-refractivity contribution in [2.24, 2.45) is 0 Å². The van der Waals surface area contributed by atoms with Crippen LogP contribution in [0.5, 0.6) is 11.5 Å². The number of furan rings is 1. The number of carbonyl (C=O) groups is 1. The maximum absolute atomic E-state index is 12.3. The first-order valence-corrected chi connectivity index (χ1v) is 9.24. The maximum Gasteiger partial charge on any atom is 0.287 e. The van der Waals surface area contributed by atoms with Gasteiger partial charge in [-0.3, -0.25) is 9.48 Å². The van der Waals surface area contributed by atoms with Crippen LogP contribution in [0.25, 0.3) is 0 Å². The zero-order valence-corrected chi connectivity index (χ0v) is 16.7. The van der Waals surface area contributed by atoms with E-state index in [-0.39, 0.29) is 18.3 Å². The fourth-order valence-corrected chi connectivity index (χ4v) is 2.99. The third-order valence-corrected chi connectivity index (χ3v) is 4.60. The number of para-hydroxylation sites is 2. The predicted octanol–water partition coefficient (Wildman–Crippen LogP) is 3.78. The highest BCUT2D eigenvalue weighted by Gasteiger charge is 2.14. The number of amides is 1. The minimum absolute atomic E-state index is 0.196. The topological polar surface area (TPSA) is 78.5 Å². The van der Waals surface area contributed by atoms with Crippen molar-refractivity contribution in [3.63, 3.8) is 0 Å². The highest BCUT2D eigenvalue weighted by molar-refractivity contribution is 9.10. The lowest BCUT2D eigenvalue weighted by molar-refractivity contribution is 0.0918. The third kappa shape index (κ3) is 4.51. The molecule has 0 aliphatic rings. The molecule has 2 heterocycles. The molecule has 0 radical (unpaired) electrons. The van der Waals surface area contributed by atoms with Crippen LogP contribution in [0.3, 0.4) is 0 Å². The van der Waals surface area contributed by atoms with E-state index in [1.165, 1.54) is 0 Å². The van der Waals surface area contributed by atoms with Crippen LogP contribution < -0.4 is 14.8 Å². The Labute approximate surface area is 165 Å². The Morgan fingerprint density at radius 1 is 1.26 bits per heavy atom. The number of ether oxygens (including phenoxy) is 2. The van der Waals surface area contributed by atoms with Gasteiger partial charge < -0.3 is 19.2 Å². The van der Waals surface area contributed by atoms with Crippen LogP contribution in [0.15, 0.2) is 51.5 Å². The van der Waals surface area contributed by atoms with Crippen LogP contribution in [-0.4, -0.2) is 22.8 Å². The van der Waals surface area contributed by atoms with Crippen molar-refractivity contribution in [3.8, 4) is 11.5 Å². The number of hydrogen-bond donors (Lipinski definition) is 1. The lowest BCUT2D eigenvalue weighted by Gasteiger charge is -2.09. The average Bonchev–Trinajstić information content (AvgIpc) is 3.31. The Kier molecular flexibility index (Phi) is 6.18. The van der Waals surface area contributed by atoms with E-state index in [0.29, 0.717) is 23.8 Å². The fourth-order valence-electron chi connectivity index (χ4n) is 2.55. The van der Waals surface area contributed by atoms with E-state index in [1.807, 2.05) is 35.9 Å². The number of aromatic nitrogens is 2. The Morgan fingerprint density at radius 3 is 2.78 bits per heavy atom. The Morgan fingerprint density at radius 2 is 2.04 bits per heavy atom. The second kappa shape index (κ2) is 8.77. The van der Waals surface area contributed by atoms with Crippen molar-refractivity contribution in [1.29, 1.82) is 0 Å². The molecule has 0 unspecified atom stereocenters. The summed E-state index contributed by atoms with van der Waals surface area (Å²) in [4.78, 5) is 12.3. The zero-order chi connectivity index (χ0) is 19.2. The van der Waals surface area contributed by atoms with Crippen molar-refractivity contribution in [1.82, 2.24) is 15.1 Å². The van der Waals surface area contributed by atoms with Gasteiger partial charge in [-0.2, -0.15) is 5.10 Å². The van der Waals surface area contributed by atoms with Gasteiger partial charge in [-0.15, -0.1) is 0 Å². The smallest absolute Gasteiger partial charge is 0.287 e. The third-order valence-electron chi connectivity index (χ3n) is 3.94. The number of aryl methyl sites for hydroxylation is 1. The van der Waals surface area contributed by atoms with Crippen molar-refractivity contribution >= 4 is 21.8 Å². The van der Waals surface area contributed by atoms with Crippen LogP contribution in [0, 0.1) is 0 Å². The molecule has 0 fully saturated rings. The summed E-state index contributed by atoms with van der Waals surface area (Å²) in [5.74, 6) is 1.73. The summed E-state index contributed by atoms with van der Waals surface area (Å²) in [6, 6.07) is 10.7. The first-order valence-electron chi connectivity index (χ1n) is 8.45. The van der Waals surface area contributed by atoms with E-state index in [9.17, 15) is 4.79 Å². The van der Waals surface area contributed by atoms with Gasteiger partial charge in [0.2, 0.25) is 0 Å². The first-order chi connectivity index (χ1) is 13.1. The van der Waals surface area contributed by atoms with E-state index in [4.69, 9.17) is 13.9 Å². The van der Waals surface area contributed by atoms with E-state index in [2.05, 4.69) is 26.3 Å². The number of methoxy groups -OCH3 is 1. The molecule has 8 heteroatoms. The molecule has 0 aliphatic carbocycles. The molecule has 1 aromatic carbocycles. The van der Waals surface area contributed by atoms with Gasteiger partial charge >= 0.3 is 0 Å². The molecule has 7 nitrogen and oxygen atoms in total. The number of nitrogens with one attached hydrogen (secondary N) is 1. The average molecular weight is 434 g/mol. The lowest BCUT2D eigenvalue weighted by Crippen LogP contribution is -2.24. The molecule has 3 rings (SSSR count). The van der Waals surface area contributed by atoms with E-state index < -0.39 is 0 Å². The largest absolute Gasteiger partial charge is 0.493 e. The van der Waals surface area contributed by atoms with Crippen LogP contribution in [0.4, 0.5) is 0 Å². The molecular weight excluding hydrogens is 414 g/mol. The zero-order valence-electron chi connectivity index (χ0n) is 15.1. The monoisotopic (exact) mass is 433 g/mol. The van der Waals surface area contributed by atoms with Crippen molar-refractivity contribution in [3.05, 3.63) is 64.3 Å². The molecule has 1 amide bonds. The van der Waals surface area contributed by atoms with Gasteiger partial charge in [0, 0.05) is 6.54 Å². The Hall–Kier alpha value is -2.74. The molecule has 3 aromatic rings. The molecule has 0 saturated heterocycles. The molecule has 0 bridgehead atoms. The van der Waals surface area contributed by atoms with E-state index in [0.717, 1.165) is 16.7 Å². The summed E-state index contributed by atoms with van der Waals surface area (Å²) in [5.41, 5.74) is 0.900. The molecule has 0 saturated carbocycles. The molecule has 0 atom stereocenters. The molecule has 0 spiro atoms. The van der Waals surface area contributed by atoms with Gasteiger partial charge in [0.1, 0.15) is 12.4 Å². The second-order valence-corrected chi connectivity index (χ2v) is 6.50. The summed E-state index contributed by atoms with van der Waals surface area (Å²) in [7, 11) is 1.58. The van der Waals surface area contributed by atoms with Crippen molar-refractivity contribution in [2.45, 2.75) is 26.6 Å². The van der Waals surface area contributed by atoms with Gasteiger partial charge in [-0.1, -0.05) is 12.1 Å². The summed E-state index contributed by atoms with van der Waals surface area (Å²) in [5, 5.41) is 7.06. The number of rotatable bonds is 8. The summed E-state index contributed by atoms with van der Waals surface area (Å²) in [6.07, 6.45) is 1.71. The molecular formula is C19H20BrN3O4. The normalized spacial score (nSPS) is 10.6. The maximum atomic E-state index is 12.3. The SMILES string of the molecule is CCn1ncc(Br)c1CNC(=O)c1ccc(COc2ccccc2OC)o1. The van der Waals surface area contributed by atoms with Gasteiger partial charge in [0.25, 0.3) is 5.91 Å². The quantitative estimate of drug-likeness (QED) is 0.584. The van der Waals surface area contributed by atoms with Crippen molar-refractivity contribution < 1.29 is 18.7 Å². The standard InChI is InChI=1S/C19H20BrN3O4/c1-3-23-15(14(20)10-22-23)11-21-19(24)18-9-8-13(27-18)12-26-17-7-5-4-6-16(17)25-2/h4-10H,3,11-12H2,1-2H3,(H,21,24). The van der Waals surface area contributed by atoms with Crippen LogP contribution in [0.2, 0.25) is 0 Å². The highest BCUT2D eigenvalue weighted by Crippen LogP contribution is 2.26. The van der Waals surface area contributed by atoms with E-state index in [1.54, 1.807) is 25.4 Å². The van der Waals surface area contributed by atoms with Crippen LogP contribution in [-0.2, 0) is 19.7 Å². The molecule has 1 N–H and O–H groups in total. The Balaban J connectivity index is 1.58. The number of hydrogen-bond acceptors (Lipinski definition) is 5. The predicted molar refractivity (Wildman–Crippen MR) is 103 cm³/mol. The summed E-state index contributed by atoms with van der Waals surface area (Å²) < 4.78 is 19.2. The molecule has 0 aliphatic heterocycles. The minimum atomic E-state index is -0.297. The summed E-state index contributed by atoms with van der Waals surface area (Å²) in [6.45, 7) is 3.26. The number of carbonyl (C=O) groups excluding carboxylic acids is 1. The minimum Gasteiger partial charge on any atom is -0.493 e. The van der Waals surface area contributed by atoms with Crippen LogP contribution in [0.1, 0.15) is 28.9 Å². The van der Waals surface area contributed by atoms with Gasteiger partial charge in [-0.25, -0.2) is 0 Å². The van der Waals surface area contributed by atoms with Crippen molar-refractivity contribution in [2.75, 3.05) is 7.11 Å². The second-order valence-electron chi connectivity index (χ2n) is 5.64. The molecule has 27 heavy (non-hydrogen) atoms. The van der Waals surface area contributed by atoms with E-state index >= 15 is 0 Å². The van der Waals surface area contributed by atoms with Gasteiger partial charge in [-0.05, 0) is 47.1 Å². The summed E-state index contributed by atoms with van der Waals surface area (Å²) >= 11 is 3.44. The lowest BCUT2D eigenvalue weighted by atomic mass is 10.3. The van der Waals surface area contributed by atoms with Gasteiger partial charge in [0.15, 0.2) is 17.3 Å².